The zero-order valence-electron chi connectivity index (χ0n) is 11.4. The summed E-state index contributed by atoms with van der Waals surface area (Å²) < 4.78 is 0. The largest absolute Gasteiger partial charge is 0.480 e. The topological polar surface area (TPSA) is 77.9 Å². The van der Waals surface area contributed by atoms with Crippen molar-refractivity contribution < 1.29 is 19.5 Å². The number of piperidine rings is 1. The SMILES string of the molecule is CCN1C(=O)CC(N2CCCCC2(C)C(=O)O)C1=O. The molecular weight excluding hydrogens is 248 g/mol. The van der Waals surface area contributed by atoms with Gasteiger partial charge in [-0.3, -0.25) is 24.2 Å². The molecule has 0 bridgehead atoms. The molecule has 19 heavy (non-hydrogen) atoms. The van der Waals surface area contributed by atoms with Crippen molar-refractivity contribution in [3.8, 4) is 0 Å². The van der Waals surface area contributed by atoms with Crippen molar-refractivity contribution in [2.45, 2.75) is 51.1 Å². The number of rotatable bonds is 3. The molecule has 2 heterocycles. The molecule has 2 amide bonds. The fourth-order valence-electron chi connectivity index (χ4n) is 3.11. The molecule has 2 fully saturated rings. The van der Waals surface area contributed by atoms with Crippen LogP contribution in [0.15, 0.2) is 0 Å². The van der Waals surface area contributed by atoms with E-state index in [4.69, 9.17) is 0 Å². The summed E-state index contributed by atoms with van der Waals surface area (Å²) in [5.74, 6) is -1.36. The zero-order valence-corrected chi connectivity index (χ0v) is 11.4. The predicted molar refractivity (Wildman–Crippen MR) is 67.4 cm³/mol. The van der Waals surface area contributed by atoms with Gasteiger partial charge in [-0.15, -0.1) is 0 Å². The minimum absolute atomic E-state index is 0.107. The smallest absolute Gasteiger partial charge is 0.323 e. The highest BCUT2D eigenvalue weighted by atomic mass is 16.4. The Morgan fingerprint density at radius 2 is 2.11 bits per heavy atom. The molecule has 2 aliphatic heterocycles. The average molecular weight is 268 g/mol. The van der Waals surface area contributed by atoms with Crippen LogP contribution in [0.5, 0.6) is 0 Å². The van der Waals surface area contributed by atoms with Crippen LogP contribution in [0.1, 0.15) is 39.5 Å². The van der Waals surface area contributed by atoms with E-state index in [1.807, 2.05) is 0 Å². The van der Waals surface area contributed by atoms with E-state index in [0.717, 1.165) is 12.8 Å². The van der Waals surface area contributed by atoms with Crippen LogP contribution >= 0.6 is 0 Å². The predicted octanol–water partition coefficient (Wildman–Crippen LogP) is 0.463. The third-order valence-corrected chi connectivity index (χ3v) is 4.32. The number of carbonyl (C=O) groups excluding carboxylic acids is 2. The molecule has 2 aliphatic rings. The van der Waals surface area contributed by atoms with E-state index in [1.165, 1.54) is 4.90 Å². The van der Waals surface area contributed by atoms with Gasteiger partial charge in [0, 0.05) is 13.1 Å². The number of imide groups is 1. The number of carboxylic acids is 1. The maximum Gasteiger partial charge on any atom is 0.323 e. The first-order chi connectivity index (χ1) is 8.91. The van der Waals surface area contributed by atoms with Gasteiger partial charge in [0.2, 0.25) is 11.8 Å². The highest BCUT2D eigenvalue weighted by Gasteiger charge is 2.50. The second-order valence-corrected chi connectivity index (χ2v) is 5.43. The highest BCUT2D eigenvalue weighted by Crippen LogP contribution is 2.33. The van der Waals surface area contributed by atoms with E-state index < -0.39 is 17.6 Å². The second kappa shape index (κ2) is 4.92. The Hall–Kier alpha value is -1.43. The number of aliphatic carboxylic acids is 1. The number of carbonyl (C=O) groups is 3. The summed E-state index contributed by atoms with van der Waals surface area (Å²) in [5, 5.41) is 9.45. The van der Waals surface area contributed by atoms with Crippen LogP contribution < -0.4 is 0 Å². The Morgan fingerprint density at radius 1 is 1.42 bits per heavy atom. The van der Waals surface area contributed by atoms with Gasteiger partial charge in [0.25, 0.3) is 0 Å². The number of carboxylic acid groups (broad SMARTS) is 1. The number of hydrogen-bond donors (Lipinski definition) is 1. The van der Waals surface area contributed by atoms with Gasteiger partial charge in [-0.25, -0.2) is 0 Å². The number of likely N-dealkylation sites (tertiary alicyclic amines) is 2. The van der Waals surface area contributed by atoms with E-state index in [2.05, 4.69) is 0 Å². The number of hydrogen-bond acceptors (Lipinski definition) is 4. The molecule has 0 aromatic carbocycles. The molecule has 2 saturated heterocycles. The van der Waals surface area contributed by atoms with E-state index in [1.54, 1.807) is 18.7 Å². The Balaban J connectivity index is 2.27. The van der Waals surface area contributed by atoms with Gasteiger partial charge >= 0.3 is 5.97 Å². The molecule has 0 spiro atoms. The van der Waals surface area contributed by atoms with E-state index in [-0.39, 0.29) is 18.2 Å². The minimum atomic E-state index is -1.04. The van der Waals surface area contributed by atoms with Crippen LogP contribution in [-0.4, -0.2) is 57.4 Å². The Bertz CT molecular complexity index is 423. The first-order valence-electron chi connectivity index (χ1n) is 6.76. The van der Waals surface area contributed by atoms with Crippen LogP contribution in [0, 0.1) is 0 Å². The number of nitrogens with zero attached hydrogens (tertiary/aromatic N) is 2. The van der Waals surface area contributed by atoms with Gasteiger partial charge in [0.1, 0.15) is 5.54 Å². The molecule has 106 valence electrons. The summed E-state index contributed by atoms with van der Waals surface area (Å²) >= 11 is 0. The summed E-state index contributed by atoms with van der Waals surface area (Å²) in [6, 6.07) is -0.603. The van der Waals surface area contributed by atoms with E-state index in [9.17, 15) is 19.5 Å². The second-order valence-electron chi connectivity index (χ2n) is 5.43. The van der Waals surface area contributed by atoms with Crippen molar-refractivity contribution in [1.29, 1.82) is 0 Å². The Kier molecular flexibility index (Phi) is 3.62. The van der Waals surface area contributed by atoms with Gasteiger partial charge in [-0.05, 0) is 33.1 Å². The molecule has 0 aromatic heterocycles. The van der Waals surface area contributed by atoms with Crippen LogP contribution in [0.4, 0.5) is 0 Å². The van der Waals surface area contributed by atoms with Gasteiger partial charge in [-0.1, -0.05) is 0 Å². The van der Waals surface area contributed by atoms with Gasteiger partial charge in [-0.2, -0.15) is 0 Å². The van der Waals surface area contributed by atoms with Gasteiger partial charge < -0.3 is 5.11 Å². The quantitative estimate of drug-likeness (QED) is 0.752. The van der Waals surface area contributed by atoms with Crippen LogP contribution in [0.25, 0.3) is 0 Å². The lowest BCUT2D eigenvalue weighted by atomic mass is 9.86. The average Bonchev–Trinajstić information content (AvgIpc) is 2.64. The fourth-order valence-corrected chi connectivity index (χ4v) is 3.11. The van der Waals surface area contributed by atoms with E-state index in [0.29, 0.717) is 19.5 Å². The maximum atomic E-state index is 12.2. The third kappa shape index (κ3) is 2.14. The highest BCUT2D eigenvalue weighted by molar-refractivity contribution is 6.05. The summed E-state index contributed by atoms with van der Waals surface area (Å²) in [6.45, 7) is 4.32. The molecule has 2 atom stereocenters. The summed E-state index contributed by atoms with van der Waals surface area (Å²) in [6.07, 6.45) is 2.33. The molecule has 6 heteroatoms. The molecule has 0 aromatic rings. The molecule has 6 nitrogen and oxygen atoms in total. The summed E-state index contributed by atoms with van der Waals surface area (Å²) in [7, 11) is 0. The first kappa shape index (κ1) is 14.0. The molecule has 0 radical (unpaired) electrons. The monoisotopic (exact) mass is 268 g/mol. The molecular formula is C13H20N2O4. The Morgan fingerprint density at radius 3 is 2.63 bits per heavy atom. The lowest BCUT2D eigenvalue weighted by Crippen LogP contribution is -2.60. The molecule has 0 aliphatic carbocycles. The van der Waals surface area contributed by atoms with Crippen LogP contribution in [0.2, 0.25) is 0 Å². The molecule has 1 N–H and O–H groups in total. The van der Waals surface area contributed by atoms with Crippen molar-refractivity contribution in [2.75, 3.05) is 13.1 Å². The van der Waals surface area contributed by atoms with Crippen LogP contribution in [0.3, 0.4) is 0 Å². The lowest BCUT2D eigenvalue weighted by molar-refractivity contribution is -0.157. The van der Waals surface area contributed by atoms with Gasteiger partial charge in [0.05, 0.1) is 12.5 Å². The summed E-state index contributed by atoms with van der Waals surface area (Å²) in [5.41, 5.74) is -1.04. The van der Waals surface area contributed by atoms with Crippen molar-refractivity contribution >= 4 is 17.8 Å². The minimum Gasteiger partial charge on any atom is -0.480 e. The van der Waals surface area contributed by atoms with Crippen molar-refractivity contribution in [1.82, 2.24) is 9.80 Å². The van der Waals surface area contributed by atoms with Crippen molar-refractivity contribution in [2.24, 2.45) is 0 Å². The van der Waals surface area contributed by atoms with Gasteiger partial charge in [0.15, 0.2) is 0 Å². The standard InChI is InChI=1S/C13H20N2O4/c1-3-14-10(16)8-9(11(14)17)15-7-5-4-6-13(15,2)12(18)19/h9H,3-8H2,1-2H3,(H,18,19). The zero-order chi connectivity index (χ0) is 14.2. The normalized spacial score (nSPS) is 32.9. The third-order valence-electron chi connectivity index (χ3n) is 4.32. The van der Waals surface area contributed by atoms with Crippen molar-refractivity contribution in [3.05, 3.63) is 0 Å². The fraction of sp³-hybridized carbons (Fsp3) is 0.769. The molecule has 0 saturated carbocycles. The first-order valence-corrected chi connectivity index (χ1v) is 6.76. The van der Waals surface area contributed by atoms with E-state index >= 15 is 0 Å². The van der Waals surface area contributed by atoms with Crippen LogP contribution in [-0.2, 0) is 14.4 Å². The molecule has 2 unspecified atom stereocenters. The number of amides is 2. The maximum absolute atomic E-state index is 12.2. The van der Waals surface area contributed by atoms with Crippen molar-refractivity contribution in [3.63, 3.8) is 0 Å². The Labute approximate surface area is 112 Å². The number of likely N-dealkylation sites (N-methyl/N-ethyl adjacent to an activating group) is 1. The lowest BCUT2D eigenvalue weighted by Gasteiger charge is -2.44. The summed E-state index contributed by atoms with van der Waals surface area (Å²) in [4.78, 5) is 38.5. The molecule has 2 rings (SSSR count).